The minimum atomic E-state index is -0.959. The highest BCUT2D eigenvalue weighted by molar-refractivity contribution is 7.32. The minimum absolute atomic E-state index is 0.118. The van der Waals surface area contributed by atoms with E-state index in [0.29, 0.717) is 18.5 Å². The van der Waals surface area contributed by atoms with Crippen molar-refractivity contribution < 1.29 is 14.1 Å². The largest absolute Gasteiger partial charge is 0.393 e. The average molecular weight is 352 g/mol. The zero-order chi connectivity index (χ0) is 17.7. The summed E-state index contributed by atoms with van der Waals surface area (Å²) in [5.74, 6) is 6.01. The molecule has 3 unspecified atom stereocenters. The van der Waals surface area contributed by atoms with E-state index < -0.39 is 12.5 Å². The summed E-state index contributed by atoms with van der Waals surface area (Å²) in [6.07, 6.45) is -0.812. The van der Waals surface area contributed by atoms with Crippen LogP contribution < -0.4 is 21.7 Å². The molecule has 0 aliphatic carbocycles. The van der Waals surface area contributed by atoms with Crippen molar-refractivity contribution in [2.45, 2.75) is 26.4 Å². The zero-order valence-electron chi connectivity index (χ0n) is 13.8. The second-order valence-corrected chi connectivity index (χ2v) is 5.87. The van der Waals surface area contributed by atoms with Crippen LogP contribution in [0.1, 0.15) is 19.7 Å². The second kappa shape index (κ2) is 8.11. The number of nitrogens with two attached hydrogens (primary N) is 2. The maximum absolute atomic E-state index is 11.9. The lowest BCUT2D eigenvalue weighted by Gasteiger charge is -2.35. The number of nitrogens with zero attached hydrogens (tertiary/aromatic N) is 3. The van der Waals surface area contributed by atoms with Crippen LogP contribution in [0.15, 0.2) is 0 Å². The predicted octanol–water partition coefficient (Wildman–Crippen LogP) is -0.123. The molecule has 10 heteroatoms. The van der Waals surface area contributed by atoms with Gasteiger partial charge in [0.05, 0.1) is 0 Å². The van der Waals surface area contributed by atoms with Gasteiger partial charge in [0.15, 0.2) is 11.6 Å². The molecule has 1 aliphatic heterocycles. The van der Waals surface area contributed by atoms with Gasteiger partial charge in [0.2, 0.25) is 12.1 Å². The van der Waals surface area contributed by atoms with Crippen LogP contribution in [0.5, 0.6) is 0 Å². The van der Waals surface area contributed by atoms with Gasteiger partial charge in [0.1, 0.15) is 11.9 Å². The van der Waals surface area contributed by atoms with E-state index >= 15 is 0 Å². The Bertz CT molecular complexity index is 674. The lowest BCUT2D eigenvalue weighted by Crippen LogP contribution is -2.48. The van der Waals surface area contributed by atoms with Crippen LogP contribution in [0.3, 0.4) is 0 Å². The topological polar surface area (TPSA) is 129 Å². The van der Waals surface area contributed by atoms with Gasteiger partial charge < -0.3 is 30.9 Å². The van der Waals surface area contributed by atoms with Crippen LogP contribution in [0, 0.1) is 11.8 Å². The summed E-state index contributed by atoms with van der Waals surface area (Å²) in [5.41, 5.74) is 12.1. The van der Waals surface area contributed by atoms with Crippen molar-refractivity contribution in [2.24, 2.45) is 0 Å². The summed E-state index contributed by atoms with van der Waals surface area (Å²) >= 11 is 0. The van der Waals surface area contributed by atoms with Gasteiger partial charge in [-0.3, -0.25) is 4.79 Å². The van der Waals surface area contributed by atoms with Gasteiger partial charge >= 0.3 is 0 Å². The molecule has 0 bridgehead atoms. The molecule has 0 saturated carbocycles. The standard InChI is InChI=1S/C14H21N6O3P/c1-4-6-8-18-11(16)10(15)12(19-8)20(3)9-7-24-23-14(22-9)13(21)17-5-2/h9,14,24H,5,7,15H2,1-3H3,(H,17,21)(H2,16,18,19). The molecule has 2 rings (SSSR count). The van der Waals surface area contributed by atoms with Gasteiger partial charge in [-0.25, -0.2) is 9.97 Å². The molecule has 1 aromatic rings. The van der Waals surface area contributed by atoms with Crippen molar-refractivity contribution in [1.82, 2.24) is 15.3 Å². The maximum atomic E-state index is 11.9. The highest BCUT2D eigenvalue weighted by Gasteiger charge is 2.32. The molecule has 0 aromatic carbocycles. The first-order valence-electron chi connectivity index (χ1n) is 7.38. The molecule has 1 saturated heterocycles. The summed E-state index contributed by atoms with van der Waals surface area (Å²) in [6, 6.07) is 0. The third-order valence-electron chi connectivity index (χ3n) is 3.25. The molecule has 130 valence electrons. The highest BCUT2D eigenvalue weighted by Crippen LogP contribution is 2.32. The number of likely N-dealkylation sites (N-methyl/N-ethyl adjacent to an activating group) is 1. The van der Waals surface area contributed by atoms with Crippen molar-refractivity contribution in [2.75, 3.05) is 36.1 Å². The van der Waals surface area contributed by atoms with E-state index in [9.17, 15) is 4.79 Å². The molecule has 1 aliphatic rings. The first-order chi connectivity index (χ1) is 11.5. The molecular formula is C14H21N6O3P. The van der Waals surface area contributed by atoms with Crippen LogP contribution in [-0.2, 0) is 14.1 Å². The van der Waals surface area contributed by atoms with Crippen LogP contribution in [0.2, 0.25) is 0 Å². The number of ether oxygens (including phenoxy) is 1. The number of anilines is 3. The van der Waals surface area contributed by atoms with Gasteiger partial charge in [-0.2, -0.15) is 0 Å². The van der Waals surface area contributed by atoms with Crippen molar-refractivity contribution >= 4 is 32.0 Å². The predicted molar refractivity (Wildman–Crippen MR) is 93.4 cm³/mol. The fraction of sp³-hybridized carbons (Fsp3) is 0.500. The van der Waals surface area contributed by atoms with Crippen LogP contribution in [0.25, 0.3) is 0 Å². The molecule has 2 heterocycles. The van der Waals surface area contributed by atoms with E-state index in [1.165, 1.54) is 0 Å². The summed E-state index contributed by atoms with van der Waals surface area (Å²) in [7, 11) is 1.88. The molecule has 24 heavy (non-hydrogen) atoms. The lowest BCUT2D eigenvalue weighted by atomic mass is 10.3. The van der Waals surface area contributed by atoms with Gasteiger partial charge in [-0.1, -0.05) is 5.92 Å². The zero-order valence-corrected chi connectivity index (χ0v) is 14.8. The number of hydrogen-bond acceptors (Lipinski definition) is 8. The first-order valence-corrected chi connectivity index (χ1v) is 8.49. The van der Waals surface area contributed by atoms with Crippen molar-refractivity contribution in [1.29, 1.82) is 0 Å². The van der Waals surface area contributed by atoms with Gasteiger partial charge in [0, 0.05) is 28.6 Å². The van der Waals surface area contributed by atoms with Crippen LogP contribution in [-0.4, -0.2) is 48.1 Å². The Morgan fingerprint density at radius 1 is 1.50 bits per heavy atom. The number of hydrogen-bond donors (Lipinski definition) is 3. The van der Waals surface area contributed by atoms with E-state index in [2.05, 4.69) is 27.1 Å². The monoisotopic (exact) mass is 352 g/mol. The Hall–Kier alpha value is -2.14. The van der Waals surface area contributed by atoms with Crippen molar-refractivity contribution in [3.8, 4) is 11.8 Å². The van der Waals surface area contributed by atoms with Gasteiger partial charge in [-0.05, 0) is 19.8 Å². The molecule has 1 aromatic heterocycles. The van der Waals surface area contributed by atoms with Gasteiger partial charge in [0.25, 0.3) is 5.91 Å². The second-order valence-electron chi connectivity index (χ2n) is 4.94. The van der Waals surface area contributed by atoms with E-state index in [-0.39, 0.29) is 32.0 Å². The summed E-state index contributed by atoms with van der Waals surface area (Å²) in [4.78, 5) is 22.0. The highest BCUT2D eigenvalue weighted by atomic mass is 31.1. The lowest BCUT2D eigenvalue weighted by molar-refractivity contribution is -0.162. The van der Waals surface area contributed by atoms with Crippen molar-refractivity contribution in [3.63, 3.8) is 0 Å². The maximum Gasteiger partial charge on any atom is 0.277 e. The Morgan fingerprint density at radius 3 is 2.92 bits per heavy atom. The third kappa shape index (κ3) is 4.03. The van der Waals surface area contributed by atoms with E-state index in [4.69, 9.17) is 20.7 Å². The van der Waals surface area contributed by atoms with Gasteiger partial charge in [-0.15, -0.1) is 0 Å². The molecule has 0 spiro atoms. The first kappa shape index (κ1) is 18.2. The molecular weight excluding hydrogens is 331 g/mol. The van der Waals surface area contributed by atoms with Crippen LogP contribution >= 0.6 is 8.81 Å². The molecule has 9 nitrogen and oxygen atoms in total. The fourth-order valence-electron chi connectivity index (χ4n) is 2.06. The Labute approximate surface area is 142 Å². The number of nitrogen functional groups attached to an aromatic ring is 2. The Morgan fingerprint density at radius 2 is 2.25 bits per heavy atom. The SMILES string of the molecule is CC#Cc1nc(N)c(N)c(N(C)C2CPOC(C(=O)NCC)O2)n1. The molecule has 1 amide bonds. The smallest absolute Gasteiger partial charge is 0.277 e. The summed E-state index contributed by atoms with van der Waals surface area (Å²) in [6.45, 7) is 4.01. The van der Waals surface area contributed by atoms with Crippen LogP contribution in [0.4, 0.5) is 17.3 Å². The number of aromatic nitrogens is 2. The van der Waals surface area contributed by atoms with E-state index in [1.807, 2.05) is 6.92 Å². The minimum Gasteiger partial charge on any atom is -0.393 e. The molecule has 3 atom stereocenters. The average Bonchev–Trinajstić information content (AvgIpc) is 2.58. The molecule has 5 N–H and O–H groups in total. The number of nitrogens with one attached hydrogen (secondary N) is 1. The normalized spacial score (nSPS) is 21.0. The molecule has 0 radical (unpaired) electrons. The summed E-state index contributed by atoms with van der Waals surface area (Å²) in [5, 5.41) is 2.67. The van der Waals surface area contributed by atoms with Crippen molar-refractivity contribution in [3.05, 3.63) is 5.82 Å². The number of carbonyl (C=O) groups is 1. The number of carbonyl (C=O) groups excluding carboxylic acids is 1. The quantitative estimate of drug-likeness (QED) is 0.505. The molecule has 1 fully saturated rings. The van der Waals surface area contributed by atoms with E-state index in [0.717, 1.165) is 0 Å². The van der Waals surface area contributed by atoms with E-state index in [1.54, 1.807) is 18.9 Å². The Balaban J connectivity index is 2.22. The fourth-order valence-corrected chi connectivity index (χ4v) is 2.98. The Kier molecular flexibility index (Phi) is 6.15. The number of rotatable bonds is 4. The summed E-state index contributed by atoms with van der Waals surface area (Å²) < 4.78 is 11.1. The number of amides is 1. The third-order valence-corrected chi connectivity index (χ3v) is 4.15.